The van der Waals surface area contributed by atoms with Crippen LogP contribution in [0.1, 0.15) is 15.9 Å². The Morgan fingerprint density at radius 1 is 1.00 bits per heavy atom. The molecular formula is C20H15F3N2O2S. The van der Waals surface area contributed by atoms with Gasteiger partial charge in [-0.05, 0) is 54.1 Å². The van der Waals surface area contributed by atoms with Crippen molar-refractivity contribution >= 4 is 23.4 Å². The van der Waals surface area contributed by atoms with Crippen molar-refractivity contribution in [3.63, 3.8) is 0 Å². The molecule has 0 aliphatic carbocycles. The molecule has 28 heavy (non-hydrogen) atoms. The second-order valence-electron chi connectivity index (χ2n) is 5.67. The summed E-state index contributed by atoms with van der Waals surface area (Å²) in [7, 11) is 0. The Hall–Kier alpha value is -3.00. The van der Waals surface area contributed by atoms with Gasteiger partial charge >= 0.3 is 6.36 Å². The fourth-order valence-corrected chi connectivity index (χ4v) is 3.36. The molecule has 0 unspecified atom stereocenters. The number of hydrogen-bond acceptors (Lipinski definition) is 4. The van der Waals surface area contributed by atoms with Gasteiger partial charge in [0.05, 0.1) is 5.56 Å². The van der Waals surface area contributed by atoms with Gasteiger partial charge in [-0.15, -0.1) is 24.9 Å². The number of ether oxygens (including phenoxy) is 1. The van der Waals surface area contributed by atoms with Crippen molar-refractivity contribution in [2.24, 2.45) is 0 Å². The van der Waals surface area contributed by atoms with Gasteiger partial charge in [0.15, 0.2) is 0 Å². The van der Waals surface area contributed by atoms with Crippen LogP contribution in [0, 0.1) is 0 Å². The summed E-state index contributed by atoms with van der Waals surface area (Å²) in [5, 5.41) is 2.69. The van der Waals surface area contributed by atoms with Crippen LogP contribution in [-0.4, -0.2) is 17.3 Å². The number of nitrogens with zero attached hydrogens (tertiary/aromatic N) is 1. The number of carbonyl (C=O) groups is 1. The van der Waals surface area contributed by atoms with Crippen LogP contribution in [-0.2, 0) is 5.75 Å². The van der Waals surface area contributed by atoms with Crippen LogP contribution in [0.2, 0.25) is 0 Å². The summed E-state index contributed by atoms with van der Waals surface area (Å²) in [6.07, 6.45) is -1.34. The van der Waals surface area contributed by atoms with E-state index in [0.717, 1.165) is 22.6 Å². The molecule has 0 atom stereocenters. The fraction of sp³-hybridized carbons (Fsp3) is 0.100. The van der Waals surface area contributed by atoms with Crippen LogP contribution in [0.4, 0.5) is 18.9 Å². The zero-order valence-electron chi connectivity index (χ0n) is 14.4. The van der Waals surface area contributed by atoms with Gasteiger partial charge in [-0.25, -0.2) is 0 Å². The molecule has 0 saturated heterocycles. The molecule has 1 heterocycles. The van der Waals surface area contributed by atoms with Gasteiger partial charge in [-0.1, -0.05) is 12.1 Å². The molecule has 1 aromatic heterocycles. The highest BCUT2D eigenvalue weighted by Gasteiger charge is 2.31. The number of halogens is 3. The van der Waals surface area contributed by atoms with Gasteiger partial charge in [0.2, 0.25) is 0 Å². The lowest BCUT2D eigenvalue weighted by atomic mass is 10.2. The van der Waals surface area contributed by atoms with E-state index >= 15 is 0 Å². The quantitative estimate of drug-likeness (QED) is 0.549. The molecule has 2 aromatic carbocycles. The summed E-state index contributed by atoms with van der Waals surface area (Å²) < 4.78 is 40.5. The number of hydrogen-bond donors (Lipinski definition) is 1. The number of rotatable bonds is 6. The molecule has 3 aromatic rings. The predicted octanol–water partition coefficient (Wildman–Crippen LogP) is 5.52. The van der Waals surface area contributed by atoms with Crippen LogP contribution >= 0.6 is 11.8 Å². The van der Waals surface area contributed by atoms with E-state index in [1.807, 2.05) is 24.3 Å². The minimum absolute atomic E-state index is 0.345. The van der Waals surface area contributed by atoms with Crippen molar-refractivity contribution in [3.05, 3.63) is 84.2 Å². The van der Waals surface area contributed by atoms with Crippen molar-refractivity contribution in [2.45, 2.75) is 17.0 Å². The summed E-state index contributed by atoms with van der Waals surface area (Å²) in [4.78, 5) is 17.4. The maximum atomic E-state index is 12.6. The summed E-state index contributed by atoms with van der Waals surface area (Å²) >= 11 is 1.51. The van der Waals surface area contributed by atoms with Gasteiger partial charge in [0.25, 0.3) is 5.91 Å². The molecule has 1 N–H and O–H groups in total. The summed E-state index contributed by atoms with van der Waals surface area (Å²) in [5.74, 6) is -0.0165. The number of carbonyl (C=O) groups excluding carboxylic acids is 1. The molecule has 144 valence electrons. The first-order valence-electron chi connectivity index (χ1n) is 8.18. The van der Waals surface area contributed by atoms with Crippen LogP contribution in [0.5, 0.6) is 5.75 Å². The van der Waals surface area contributed by atoms with Crippen molar-refractivity contribution in [2.75, 3.05) is 5.32 Å². The van der Waals surface area contributed by atoms with Crippen LogP contribution in [0.15, 0.2) is 78.0 Å². The molecule has 0 aliphatic heterocycles. The minimum atomic E-state index is -4.75. The van der Waals surface area contributed by atoms with Gasteiger partial charge in [-0.3, -0.25) is 9.78 Å². The average Bonchev–Trinajstić information content (AvgIpc) is 2.68. The van der Waals surface area contributed by atoms with Crippen molar-refractivity contribution < 1.29 is 22.7 Å². The Kier molecular flexibility index (Phi) is 6.20. The summed E-state index contributed by atoms with van der Waals surface area (Å²) in [6.45, 7) is 0. The molecule has 0 radical (unpaired) electrons. The molecule has 1 amide bonds. The molecule has 0 fully saturated rings. The van der Waals surface area contributed by atoms with Gasteiger partial charge in [0.1, 0.15) is 5.75 Å². The predicted molar refractivity (Wildman–Crippen MR) is 101 cm³/mol. The zero-order valence-corrected chi connectivity index (χ0v) is 15.3. The van der Waals surface area contributed by atoms with Gasteiger partial charge in [0, 0.05) is 28.7 Å². The van der Waals surface area contributed by atoms with E-state index in [2.05, 4.69) is 15.0 Å². The number of thioether (sulfide) groups is 1. The minimum Gasteiger partial charge on any atom is -0.406 e. The number of benzene rings is 2. The van der Waals surface area contributed by atoms with Crippen molar-refractivity contribution in [1.29, 1.82) is 0 Å². The summed E-state index contributed by atoms with van der Waals surface area (Å²) in [6, 6.07) is 15.9. The van der Waals surface area contributed by atoms with E-state index in [4.69, 9.17) is 0 Å². The van der Waals surface area contributed by atoms with Crippen molar-refractivity contribution in [1.82, 2.24) is 4.98 Å². The highest BCUT2D eigenvalue weighted by Crippen LogP contribution is 2.28. The number of alkyl halides is 3. The highest BCUT2D eigenvalue weighted by atomic mass is 32.2. The Labute approximate surface area is 163 Å². The van der Waals surface area contributed by atoms with E-state index in [0.29, 0.717) is 17.0 Å². The van der Waals surface area contributed by atoms with E-state index in [-0.39, 0.29) is 11.7 Å². The van der Waals surface area contributed by atoms with Crippen LogP contribution < -0.4 is 10.1 Å². The first-order valence-corrected chi connectivity index (χ1v) is 9.17. The molecule has 0 bridgehead atoms. The number of amides is 1. The molecule has 0 aliphatic rings. The van der Waals surface area contributed by atoms with E-state index < -0.39 is 6.36 Å². The molecule has 3 rings (SSSR count). The lowest BCUT2D eigenvalue weighted by molar-refractivity contribution is -0.274. The second kappa shape index (κ2) is 8.79. The Morgan fingerprint density at radius 2 is 1.68 bits per heavy atom. The number of aromatic nitrogens is 1. The standard InChI is InChI=1S/C20H15F3N2O2S/c21-20(22,23)27-16-7-5-15(6-8-16)25-19(26)17-3-1-2-4-18(17)28-13-14-9-11-24-12-10-14/h1-12H,13H2,(H,25,26). The second-order valence-corrected chi connectivity index (χ2v) is 6.68. The molecule has 0 spiro atoms. The van der Waals surface area contributed by atoms with E-state index in [1.165, 1.54) is 23.9 Å². The Bertz CT molecular complexity index is 932. The lowest BCUT2D eigenvalue weighted by Crippen LogP contribution is -2.17. The first kappa shape index (κ1) is 19.8. The highest BCUT2D eigenvalue weighted by molar-refractivity contribution is 7.98. The molecule has 4 nitrogen and oxygen atoms in total. The summed E-state index contributed by atoms with van der Waals surface area (Å²) in [5.41, 5.74) is 1.93. The van der Waals surface area contributed by atoms with E-state index in [1.54, 1.807) is 24.5 Å². The number of anilines is 1. The maximum absolute atomic E-state index is 12.6. The van der Waals surface area contributed by atoms with Crippen LogP contribution in [0.3, 0.4) is 0 Å². The largest absolute Gasteiger partial charge is 0.573 e. The topological polar surface area (TPSA) is 51.2 Å². The third-order valence-corrected chi connectivity index (χ3v) is 4.77. The smallest absolute Gasteiger partial charge is 0.406 e. The Balaban J connectivity index is 1.67. The normalized spacial score (nSPS) is 11.1. The molecule has 0 saturated carbocycles. The zero-order chi connectivity index (χ0) is 20.0. The Morgan fingerprint density at radius 3 is 2.36 bits per heavy atom. The lowest BCUT2D eigenvalue weighted by Gasteiger charge is -2.11. The fourth-order valence-electron chi connectivity index (χ4n) is 2.36. The first-order chi connectivity index (χ1) is 13.4. The van der Waals surface area contributed by atoms with Gasteiger partial charge < -0.3 is 10.1 Å². The third kappa shape index (κ3) is 5.75. The molecule has 8 heteroatoms. The average molecular weight is 404 g/mol. The van der Waals surface area contributed by atoms with E-state index in [9.17, 15) is 18.0 Å². The van der Waals surface area contributed by atoms with Crippen molar-refractivity contribution in [3.8, 4) is 5.75 Å². The maximum Gasteiger partial charge on any atom is 0.573 e. The van der Waals surface area contributed by atoms with Crippen LogP contribution in [0.25, 0.3) is 0 Å². The molecular weight excluding hydrogens is 389 g/mol. The number of pyridine rings is 1. The SMILES string of the molecule is O=C(Nc1ccc(OC(F)(F)F)cc1)c1ccccc1SCc1ccncc1. The monoisotopic (exact) mass is 404 g/mol. The third-order valence-electron chi connectivity index (χ3n) is 3.62. The van der Waals surface area contributed by atoms with Gasteiger partial charge in [-0.2, -0.15) is 0 Å². The number of nitrogens with one attached hydrogen (secondary N) is 1.